The standard InChI is InChI=1S/C7H5F2NO5S/c1-15-7-5(8)2-4(16(9,13)14)3-6(7)10(11)12/h2-3H,1H3. The Morgan fingerprint density at radius 3 is 2.38 bits per heavy atom. The van der Waals surface area contributed by atoms with Crippen molar-refractivity contribution in [2.45, 2.75) is 4.90 Å². The van der Waals surface area contributed by atoms with Gasteiger partial charge in [-0.05, 0) is 6.07 Å². The van der Waals surface area contributed by atoms with Gasteiger partial charge in [0.2, 0.25) is 5.75 Å². The number of ether oxygens (including phenoxy) is 1. The lowest BCUT2D eigenvalue weighted by molar-refractivity contribution is -0.386. The van der Waals surface area contributed by atoms with Crippen LogP contribution in [-0.4, -0.2) is 20.5 Å². The average Bonchev–Trinajstić information content (AvgIpc) is 2.14. The first kappa shape index (κ1) is 12.3. The van der Waals surface area contributed by atoms with Crippen LogP contribution in [0.5, 0.6) is 5.75 Å². The SMILES string of the molecule is COc1c(F)cc(S(=O)(=O)F)cc1[N+](=O)[O-]. The smallest absolute Gasteiger partial charge is 0.332 e. The van der Waals surface area contributed by atoms with E-state index in [-0.39, 0.29) is 0 Å². The molecule has 0 fully saturated rings. The predicted molar refractivity (Wildman–Crippen MR) is 47.9 cm³/mol. The number of nitro groups is 1. The Bertz CT molecular complexity index is 542. The maximum atomic E-state index is 13.1. The predicted octanol–water partition coefficient (Wildman–Crippen LogP) is 1.40. The van der Waals surface area contributed by atoms with Gasteiger partial charge < -0.3 is 4.74 Å². The van der Waals surface area contributed by atoms with Crippen LogP contribution in [0.15, 0.2) is 17.0 Å². The van der Waals surface area contributed by atoms with E-state index in [2.05, 4.69) is 4.74 Å². The molecule has 16 heavy (non-hydrogen) atoms. The van der Waals surface area contributed by atoms with E-state index in [1.54, 1.807) is 0 Å². The number of halogens is 2. The highest BCUT2D eigenvalue weighted by atomic mass is 32.3. The van der Waals surface area contributed by atoms with Crippen LogP contribution in [0, 0.1) is 15.9 Å². The molecule has 1 aromatic rings. The van der Waals surface area contributed by atoms with Gasteiger partial charge in [-0.1, -0.05) is 0 Å². The molecule has 0 N–H and O–H groups in total. The highest BCUT2D eigenvalue weighted by Gasteiger charge is 2.25. The van der Waals surface area contributed by atoms with E-state index in [9.17, 15) is 26.8 Å². The molecule has 0 radical (unpaired) electrons. The maximum Gasteiger partial charge on any atom is 0.332 e. The van der Waals surface area contributed by atoms with Crippen molar-refractivity contribution in [2.75, 3.05) is 7.11 Å². The molecule has 0 spiro atoms. The van der Waals surface area contributed by atoms with E-state index in [0.29, 0.717) is 12.1 Å². The molecule has 0 amide bonds. The number of methoxy groups -OCH3 is 1. The maximum absolute atomic E-state index is 13.1. The number of nitro benzene ring substituents is 1. The minimum atomic E-state index is -5.21. The second-order valence-electron chi connectivity index (χ2n) is 2.65. The third kappa shape index (κ3) is 2.24. The summed E-state index contributed by atoms with van der Waals surface area (Å²) in [5.41, 5.74) is -0.960. The molecular formula is C7H5F2NO5S. The zero-order chi connectivity index (χ0) is 12.5. The Morgan fingerprint density at radius 2 is 2.00 bits per heavy atom. The Kier molecular flexibility index (Phi) is 3.08. The molecule has 0 unspecified atom stereocenters. The molecule has 0 aliphatic carbocycles. The van der Waals surface area contributed by atoms with Gasteiger partial charge in [0, 0.05) is 6.07 Å². The molecule has 1 rings (SSSR count). The van der Waals surface area contributed by atoms with E-state index in [1.807, 2.05) is 0 Å². The largest absolute Gasteiger partial charge is 0.488 e. The van der Waals surface area contributed by atoms with E-state index in [4.69, 9.17) is 0 Å². The topological polar surface area (TPSA) is 86.5 Å². The van der Waals surface area contributed by atoms with Gasteiger partial charge in [-0.25, -0.2) is 4.39 Å². The Hall–Kier alpha value is -1.77. The van der Waals surface area contributed by atoms with Crippen molar-refractivity contribution in [3.05, 3.63) is 28.1 Å². The molecule has 0 atom stereocenters. The van der Waals surface area contributed by atoms with Gasteiger partial charge in [-0.2, -0.15) is 8.42 Å². The van der Waals surface area contributed by atoms with Crippen LogP contribution in [0.4, 0.5) is 14.0 Å². The van der Waals surface area contributed by atoms with Crippen LogP contribution < -0.4 is 4.74 Å². The average molecular weight is 253 g/mol. The van der Waals surface area contributed by atoms with Crippen molar-refractivity contribution >= 4 is 15.9 Å². The van der Waals surface area contributed by atoms with Crippen LogP contribution >= 0.6 is 0 Å². The first-order chi connectivity index (χ1) is 7.27. The fraction of sp³-hybridized carbons (Fsp3) is 0.143. The molecule has 88 valence electrons. The summed E-state index contributed by atoms with van der Waals surface area (Å²) < 4.78 is 51.0. The third-order valence-electron chi connectivity index (χ3n) is 1.68. The molecule has 0 aromatic heterocycles. The lowest BCUT2D eigenvalue weighted by atomic mass is 10.3. The first-order valence-electron chi connectivity index (χ1n) is 3.74. The fourth-order valence-electron chi connectivity index (χ4n) is 1.03. The molecule has 0 saturated heterocycles. The molecule has 0 bridgehead atoms. The number of benzene rings is 1. The lowest BCUT2D eigenvalue weighted by Crippen LogP contribution is -2.00. The Balaban J connectivity index is 3.59. The normalized spacial score (nSPS) is 11.2. The summed E-state index contributed by atoms with van der Waals surface area (Å²) in [5.74, 6) is -2.08. The first-order valence-corrected chi connectivity index (χ1v) is 5.12. The summed E-state index contributed by atoms with van der Waals surface area (Å²) in [4.78, 5) is 8.25. The second-order valence-corrected chi connectivity index (χ2v) is 4.00. The highest BCUT2D eigenvalue weighted by Crippen LogP contribution is 2.33. The lowest BCUT2D eigenvalue weighted by Gasteiger charge is -2.03. The number of nitrogens with zero attached hydrogens (tertiary/aromatic N) is 1. The van der Waals surface area contributed by atoms with E-state index < -0.39 is 37.3 Å². The number of hydrogen-bond acceptors (Lipinski definition) is 5. The van der Waals surface area contributed by atoms with Crippen molar-refractivity contribution in [1.29, 1.82) is 0 Å². The summed E-state index contributed by atoms with van der Waals surface area (Å²) in [6, 6.07) is 0.693. The summed E-state index contributed by atoms with van der Waals surface area (Å²) in [5, 5.41) is 10.5. The summed E-state index contributed by atoms with van der Waals surface area (Å²) in [6.07, 6.45) is 0. The van der Waals surface area contributed by atoms with E-state index >= 15 is 0 Å². The molecule has 0 saturated carbocycles. The monoisotopic (exact) mass is 253 g/mol. The second kappa shape index (κ2) is 4.00. The van der Waals surface area contributed by atoms with Crippen molar-refractivity contribution in [1.82, 2.24) is 0 Å². The van der Waals surface area contributed by atoms with Crippen molar-refractivity contribution < 1.29 is 26.4 Å². The molecule has 0 aliphatic rings. The van der Waals surface area contributed by atoms with E-state index in [1.165, 1.54) is 0 Å². The Labute approximate surface area is 88.8 Å². The van der Waals surface area contributed by atoms with E-state index in [0.717, 1.165) is 7.11 Å². The summed E-state index contributed by atoms with van der Waals surface area (Å²) in [7, 11) is -4.24. The van der Waals surface area contributed by atoms with Gasteiger partial charge in [0.15, 0.2) is 5.82 Å². The summed E-state index contributed by atoms with van der Waals surface area (Å²) in [6.45, 7) is 0. The van der Waals surface area contributed by atoms with Crippen LogP contribution in [-0.2, 0) is 10.2 Å². The van der Waals surface area contributed by atoms with Crippen LogP contribution in [0.2, 0.25) is 0 Å². The van der Waals surface area contributed by atoms with Crippen LogP contribution in [0.25, 0.3) is 0 Å². The molecule has 6 nitrogen and oxygen atoms in total. The fourth-order valence-corrected chi connectivity index (χ4v) is 1.53. The minimum absolute atomic E-state index is 0.307. The van der Waals surface area contributed by atoms with Crippen molar-refractivity contribution in [3.63, 3.8) is 0 Å². The van der Waals surface area contributed by atoms with Crippen molar-refractivity contribution in [3.8, 4) is 5.75 Å². The third-order valence-corrected chi connectivity index (χ3v) is 2.48. The highest BCUT2D eigenvalue weighted by molar-refractivity contribution is 7.86. The van der Waals surface area contributed by atoms with Crippen LogP contribution in [0.3, 0.4) is 0 Å². The molecule has 0 aliphatic heterocycles. The molecule has 9 heteroatoms. The van der Waals surface area contributed by atoms with Gasteiger partial charge in [0.05, 0.1) is 12.0 Å². The van der Waals surface area contributed by atoms with Gasteiger partial charge in [-0.3, -0.25) is 10.1 Å². The molecule has 1 aromatic carbocycles. The van der Waals surface area contributed by atoms with Gasteiger partial charge in [0.1, 0.15) is 4.90 Å². The summed E-state index contributed by atoms with van der Waals surface area (Å²) >= 11 is 0. The van der Waals surface area contributed by atoms with Gasteiger partial charge in [0.25, 0.3) is 0 Å². The van der Waals surface area contributed by atoms with Crippen molar-refractivity contribution in [2.24, 2.45) is 0 Å². The Morgan fingerprint density at radius 1 is 1.44 bits per heavy atom. The van der Waals surface area contributed by atoms with Gasteiger partial charge >= 0.3 is 15.9 Å². The number of hydrogen-bond donors (Lipinski definition) is 0. The molecule has 0 heterocycles. The zero-order valence-electron chi connectivity index (χ0n) is 7.81. The number of rotatable bonds is 3. The molecular weight excluding hydrogens is 248 g/mol. The zero-order valence-corrected chi connectivity index (χ0v) is 8.62. The van der Waals surface area contributed by atoms with Crippen LogP contribution in [0.1, 0.15) is 0 Å². The van der Waals surface area contributed by atoms with Gasteiger partial charge in [-0.15, -0.1) is 3.89 Å². The minimum Gasteiger partial charge on any atom is -0.488 e. The quantitative estimate of drug-likeness (QED) is 0.461.